The fraction of sp³-hybridized carbons (Fsp3) is 0.739. The number of nitrogens with zero attached hydrogens (tertiary/aromatic N) is 2. The number of nitrogen functional groups attached to an aromatic ring is 1. The number of phosphoric ester groups is 2. The number of hydrogen-bond acceptors (Lipinski definition) is 16. The van der Waals surface area contributed by atoms with Crippen LogP contribution in [0.25, 0.3) is 0 Å². The highest BCUT2D eigenvalue weighted by atomic mass is 31.3. The monoisotopic (exact) mass is 989 g/mol. The number of esters is 2. The molecular formula is C46H77N3O16P2. The number of aromatic nitrogens is 2. The van der Waals surface area contributed by atoms with Crippen LogP contribution in [0.3, 0.4) is 0 Å². The van der Waals surface area contributed by atoms with Gasteiger partial charge in [-0.1, -0.05) is 128 Å². The summed E-state index contributed by atoms with van der Waals surface area (Å²) in [7, 11) is -10.9. The van der Waals surface area contributed by atoms with Gasteiger partial charge in [0.25, 0.3) is 0 Å². The van der Waals surface area contributed by atoms with Crippen molar-refractivity contribution in [1.29, 1.82) is 0 Å². The lowest BCUT2D eigenvalue weighted by molar-refractivity contribution is -0.161. The Bertz CT molecular complexity index is 1840. The van der Waals surface area contributed by atoms with Crippen LogP contribution in [0, 0.1) is 5.92 Å². The van der Waals surface area contributed by atoms with Crippen LogP contribution in [0.2, 0.25) is 0 Å². The third-order valence-electron chi connectivity index (χ3n) is 11.1. The van der Waals surface area contributed by atoms with Gasteiger partial charge in [-0.05, 0) is 56.9 Å². The zero-order valence-electron chi connectivity index (χ0n) is 39.6. The van der Waals surface area contributed by atoms with Crippen LogP contribution in [0.4, 0.5) is 5.82 Å². The molecule has 1 aromatic rings. The molecule has 2 saturated heterocycles. The molecule has 0 aromatic carbocycles. The zero-order chi connectivity index (χ0) is 49.1. The van der Waals surface area contributed by atoms with E-state index in [1.807, 2.05) is 12.2 Å². The molecule has 0 radical (unpaired) electrons. The second-order valence-electron chi connectivity index (χ2n) is 17.5. The highest BCUT2D eigenvalue weighted by Crippen LogP contribution is 2.60. The summed E-state index contributed by atoms with van der Waals surface area (Å²) in [4.78, 5) is 61.7. The molecule has 21 heteroatoms. The summed E-state index contributed by atoms with van der Waals surface area (Å²) in [5, 5.41) is 20.9. The molecule has 9 atom stereocenters. The van der Waals surface area contributed by atoms with Crippen LogP contribution in [0.1, 0.15) is 155 Å². The van der Waals surface area contributed by atoms with Crippen LogP contribution in [0.5, 0.6) is 0 Å². The van der Waals surface area contributed by atoms with Gasteiger partial charge in [-0.3, -0.25) is 23.2 Å². The first kappa shape index (κ1) is 58.3. The predicted molar refractivity (Wildman–Crippen MR) is 251 cm³/mol. The summed E-state index contributed by atoms with van der Waals surface area (Å²) < 4.78 is 62.3. The summed E-state index contributed by atoms with van der Waals surface area (Å²) in [6.07, 6.45) is 24.5. The second-order valence-corrected chi connectivity index (χ2v) is 20.5. The normalized spacial score (nSPS) is 23.0. The lowest BCUT2D eigenvalue weighted by Crippen LogP contribution is -2.36. The number of anilines is 1. The molecule has 19 nitrogen and oxygen atoms in total. The number of aliphatic hydroxyl groups is 2. The summed E-state index contributed by atoms with van der Waals surface area (Å²) in [6.45, 7) is 4.29. The third-order valence-corrected chi connectivity index (χ3v) is 13.7. The molecule has 4 unspecified atom stereocenters. The second kappa shape index (κ2) is 31.9. The molecule has 2 fully saturated rings. The molecule has 2 aliphatic heterocycles. The highest BCUT2D eigenvalue weighted by Gasteiger charge is 2.46. The van der Waals surface area contributed by atoms with Crippen molar-refractivity contribution in [2.24, 2.45) is 5.92 Å². The number of unbranched alkanes of at least 4 members (excludes halogenated alkanes) is 10. The van der Waals surface area contributed by atoms with E-state index < -0.39 is 83.7 Å². The number of carbonyl (C=O) groups excluding carboxylic acids is 2. The number of ether oxygens (including phenoxy) is 4. The van der Waals surface area contributed by atoms with Crippen molar-refractivity contribution < 1.29 is 71.0 Å². The van der Waals surface area contributed by atoms with E-state index in [0.29, 0.717) is 37.4 Å². The number of rotatable bonds is 37. The lowest BCUT2D eigenvalue weighted by Gasteiger charge is -2.21. The minimum Gasteiger partial charge on any atom is -0.462 e. The van der Waals surface area contributed by atoms with Crippen molar-refractivity contribution in [3.05, 3.63) is 59.2 Å². The third kappa shape index (κ3) is 25.4. The molecule has 3 rings (SSSR count). The van der Waals surface area contributed by atoms with Gasteiger partial charge in [0.15, 0.2) is 12.3 Å². The van der Waals surface area contributed by atoms with Crippen LogP contribution in [-0.4, -0.2) is 97.9 Å². The SMILES string of the molecule is CCCCCC1OC1C/C=C\C/C=C\C/C=C\CCCC(=O)OC[C@H](COP(=O)(O)OP(=O)(O)OC[C@H]1O[C@@H](n2ccc(N)nc2=O)[C@H](O)[C@@H]1O)OC(=O)CCCCCCCCCCC(C)C. The van der Waals surface area contributed by atoms with E-state index in [4.69, 9.17) is 33.7 Å². The molecular weight excluding hydrogens is 912 g/mol. The van der Waals surface area contributed by atoms with E-state index in [-0.39, 0.29) is 18.7 Å². The van der Waals surface area contributed by atoms with Crippen molar-refractivity contribution in [3.8, 4) is 0 Å². The summed E-state index contributed by atoms with van der Waals surface area (Å²) in [5.41, 5.74) is 4.58. The van der Waals surface area contributed by atoms with Gasteiger partial charge in [0, 0.05) is 19.0 Å². The topological polar surface area (TPSA) is 278 Å². The van der Waals surface area contributed by atoms with Gasteiger partial charge in [-0.2, -0.15) is 9.29 Å². The Hall–Kier alpha value is -3.06. The summed E-state index contributed by atoms with van der Waals surface area (Å²) in [6, 6.07) is 1.24. The van der Waals surface area contributed by atoms with E-state index in [2.05, 4.69) is 54.4 Å². The standard InChI is InChI=1S/C46H77N3O16P2/c1-4-5-20-26-37-38(63-37)27-22-17-13-8-6-7-9-14-18-23-28-41(50)59-32-36(62-42(51)29-24-19-15-11-10-12-16-21-25-35(2)3)33-60-66(55,56)65-67(57,58)61-34-39-43(52)44(53)45(64-39)49-31-30-40(47)48-46(49)54/h6,8-9,14,17,22,30-31,35-39,43-45,52-53H,4-5,7,10-13,15-16,18-21,23-29,32-34H2,1-3H3,(H,55,56)(H,57,58)(H2,47,48,54)/b8-6-,14-9-,22-17-/t36-,37?,38?,39-,43-,44-,45-/m1/s1. The van der Waals surface area contributed by atoms with Crippen LogP contribution in [0.15, 0.2) is 53.5 Å². The molecule has 2 aliphatic rings. The number of aliphatic hydroxyl groups excluding tert-OH is 2. The van der Waals surface area contributed by atoms with Gasteiger partial charge in [-0.15, -0.1) is 0 Å². The maximum absolute atomic E-state index is 12.8. The molecule has 67 heavy (non-hydrogen) atoms. The first-order valence-corrected chi connectivity index (χ1v) is 27.0. The molecule has 0 spiro atoms. The Balaban J connectivity index is 1.42. The number of epoxide rings is 1. The molecule has 3 heterocycles. The smallest absolute Gasteiger partial charge is 0.462 e. The Morgan fingerprint density at radius 3 is 2.12 bits per heavy atom. The Morgan fingerprint density at radius 1 is 0.791 bits per heavy atom. The number of nitrogens with two attached hydrogens (primary N) is 1. The van der Waals surface area contributed by atoms with Crippen LogP contribution in [-0.2, 0) is 51.0 Å². The molecule has 0 bridgehead atoms. The van der Waals surface area contributed by atoms with Crippen LogP contribution >= 0.6 is 15.6 Å². The van der Waals surface area contributed by atoms with E-state index in [1.165, 1.54) is 51.0 Å². The molecule has 0 amide bonds. The van der Waals surface area contributed by atoms with Crippen molar-refractivity contribution in [3.63, 3.8) is 0 Å². The predicted octanol–water partition coefficient (Wildman–Crippen LogP) is 8.06. The van der Waals surface area contributed by atoms with Crippen molar-refractivity contribution >= 4 is 33.4 Å². The number of carbonyl (C=O) groups is 2. The maximum atomic E-state index is 12.8. The van der Waals surface area contributed by atoms with Crippen molar-refractivity contribution in [1.82, 2.24) is 9.55 Å². The number of allylic oxidation sites excluding steroid dienone is 5. The van der Waals surface area contributed by atoms with Crippen molar-refractivity contribution in [2.75, 3.05) is 25.6 Å². The fourth-order valence-corrected chi connectivity index (χ4v) is 9.34. The average Bonchev–Trinajstić information content (AvgIpc) is 3.96. The molecule has 0 aliphatic carbocycles. The average molecular weight is 990 g/mol. The van der Waals surface area contributed by atoms with E-state index >= 15 is 0 Å². The molecule has 382 valence electrons. The Labute approximate surface area is 395 Å². The van der Waals surface area contributed by atoms with Gasteiger partial charge in [0.05, 0.1) is 25.4 Å². The first-order valence-electron chi connectivity index (χ1n) is 24.0. The van der Waals surface area contributed by atoms with E-state index in [9.17, 15) is 43.5 Å². The van der Waals surface area contributed by atoms with E-state index in [0.717, 1.165) is 62.1 Å². The fourth-order valence-electron chi connectivity index (χ4n) is 7.23. The number of phosphoric acid groups is 2. The highest BCUT2D eigenvalue weighted by molar-refractivity contribution is 7.61. The first-order chi connectivity index (χ1) is 32.0. The van der Waals surface area contributed by atoms with Gasteiger partial charge in [0.2, 0.25) is 0 Å². The largest absolute Gasteiger partial charge is 0.481 e. The Kier molecular flexibility index (Phi) is 27.8. The Morgan fingerprint density at radius 2 is 1.43 bits per heavy atom. The number of hydrogen-bond donors (Lipinski definition) is 5. The van der Waals surface area contributed by atoms with E-state index in [1.54, 1.807) is 0 Å². The van der Waals surface area contributed by atoms with Gasteiger partial charge < -0.3 is 44.7 Å². The van der Waals surface area contributed by atoms with Gasteiger partial charge >= 0.3 is 33.3 Å². The minimum absolute atomic E-state index is 0.0353. The molecule has 0 saturated carbocycles. The quantitative estimate of drug-likeness (QED) is 0.0138. The minimum atomic E-state index is -5.43. The van der Waals surface area contributed by atoms with Crippen molar-refractivity contribution in [2.45, 2.75) is 192 Å². The maximum Gasteiger partial charge on any atom is 0.481 e. The summed E-state index contributed by atoms with van der Waals surface area (Å²) >= 11 is 0. The zero-order valence-corrected chi connectivity index (χ0v) is 41.3. The summed E-state index contributed by atoms with van der Waals surface area (Å²) in [5.74, 6) is -0.666. The lowest BCUT2D eigenvalue weighted by atomic mass is 10.0. The van der Waals surface area contributed by atoms with Crippen LogP contribution < -0.4 is 11.4 Å². The molecule has 1 aromatic heterocycles. The van der Waals surface area contributed by atoms with Gasteiger partial charge in [0.1, 0.15) is 30.7 Å². The van der Waals surface area contributed by atoms with Gasteiger partial charge in [-0.25, -0.2) is 13.9 Å². The molecule has 6 N–H and O–H groups in total.